The number of allylic oxidation sites excluding steroid dienone is 2. The Balaban J connectivity index is 1.93. The third kappa shape index (κ3) is 3.59. The molecule has 4 rings (SSSR count). The number of rotatable bonds is 4. The summed E-state index contributed by atoms with van der Waals surface area (Å²) >= 11 is 1.49. The second kappa shape index (κ2) is 7.37. The van der Waals surface area contributed by atoms with Crippen molar-refractivity contribution in [2.75, 3.05) is 18.2 Å². The Hall–Kier alpha value is -2.54. The quantitative estimate of drug-likeness (QED) is 0.582. The molecule has 2 aliphatic rings. The number of carbonyl (C=O) groups is 1. The fourth-order valence-electron chi connectivity index (χ4n) is 4.23. The van der Waals surface area contributed by atoms with Gasteiger partial charge in [0, 0.05) is 23.6 Å². The van der Waals surface area contributed by atoms with Crippen LogP contribution in [0.2, 0.25) is 0 Å². The molecule has 0 spiro atoms. The normalized spacial score (nSPS) is 20.0. The fraction of sp³-hybridized carbons (Fsp3) is 0.409. The van der Waals surface area contributed by atoms with Crippen LogP contribution in [0.5, 0.6) is 5.75 Å². The molecule has 1 aliphatic heterocycles. The Morgan fingerprint density at radius 3 is 2.59 bits per heavy atom. The molecular formula is C22H25N3O3S. The topological polar surface area (TPSA) is 84.1 Å². The predicted octanol–water partition coefficient (Wildman–Crippen LogP) is 4.09. The number of methoxy groups -OCH3 is 1. The average molecular weight is 412 g/mol. The molecule has 0 unspecified atom stereocenters. The summed E-state index contributed by atoms with van der Waals surface area (Å²) in [5.74, 6) is 1.74. The van der Waals surface area contributed by atoms with Gasteiger partial charge in [0.05, 0.1) is 12.7 Å². The Labute approximate surface area is 174 Å². The third-order valence-electron chi connectivity index (χ3n) is 5.43. The van der Waals surface area contributed by atoms with Crippen LogP contribution < -0.4 is 15.6 Å². The van der Waals surface area contributed by atoms with Crippen molar-refractivity contribution in [2.24, 2.45) is 5.41 Å². The van der Waals surface area contributed by atoms with Gasteiger partial charge in [0.1, 0.15) is 11.6 Å². The highest BCUT2D eigenvalue weighted by molar-refractivity contribution is 7.99. The molecule has 1 aromatic heterocycles. The summed E-state index contributed by atoms with van der Waals surface area (Å²) in [6.45, 7) is 6.20. The van der Waals surface area contributed by atoms with Crippen LogP contribution in [-0.2, 0) is 4.79 Å². The van der Waals surface area contributed by atoms with Gasteiger partial charge >= 0.3 is 0 Å². The van der Waals surface area contributed by atoms with E-state index in [1.807, 2.05) is 31.2 Å². The van der Waals surface area contributed by atoms with Crippen LogP contribution in [0, 0.1) is 5.41 Å². The Morgan fingerprint density at radius 1 is 1.21 bits per heavy atom. The lowest BCUT2D eigenvalue weighted by Crippen LogP contribution is -2.37. The molecule has 0 fully saturated rings. The zero-order chi connectivity index (χ0) is 20.8. The van der Waals surface area contributed by atoms with Crippen molar-refractivity contribution in [3.8, 4) is 5.75 Å². The van der Waals surface area contributed by atoms with E-state index in [0.29, 0.717) is 28.5 Å². The standard InChI is InChI=1S/C22H25N3O3S/c1-5-29-21-24-19-18(20(27)25-21)16(12-6-8-13(28-4)9-7-12)17-14(23-19)10-22(2,3)11-15(17)26/h6-9,16H,5,10-11H2,1-4H3,(H2,23,24,25,27)/t16-/m1/s1. The van der Waals surface area contributed by atoms with Gasteiger partial charge in [-0.15, -0.1) is 0 Å². The lowest BCUT2D eigenvalue weighted by Gasteiger charge is -2.38. The van der Waals surface area contributed by atoms with Crippen molar-refractivity contribution >= 4 is 23.4 Å². The molecule has 0 saturated heterocycles. The number of anilines is 1. The van der Waals surface area contributed by atoms with E-state index in [1.54, 1.807) is 7.11 Å². The van der Waals surface area contributed by atoms with Crippen LogP contribution >= 0.6 is 11.8 Å². The SMILES string of the molecule is CCSc1nc2c(c(=O)[nH]1)[C@H](c1ccc(OC)cc1)C1=C(CC(C)(C)CC1=O)N2. The zero-order valence-electron chi connectivity index (χ0n) is 17.1. The second-order valence-electron chi connectivity index (χ2n) is 8.23. The first-order valence-electron chi connectivity index (χ1n) is 9.77. The van der Waals surface area contributed by atoms with Gasteiger partial charge in [0.2, 0.25) is 0 Å². The van der Waals surface area contributed by atoms with Gasteiger partial charge in [-0.05, 0) is 35.3 Å². The van der Waals surface area contributed by atoms with Gasteiger partial charge in [-0.1, -0.05) is 44.7 Å². The molecular weight excluding hydrogens is 386 g/mol. The maximum absolute atomic E-state index is 13.2. The largest absolute Gasteiger partial charge is 0.497 e. The molecule has 7 heteroatoms. The van der Waals surface area contributed by atoms with Gasteiger partial charge in [0.15, 0.2) is 10.9 Å². The number of hydrogen-bond acceptors (Lipinski definition) is 6. The minimum absolute atomic E-state index is 0.0848. The summed E-state index contributed by atoms with van der Waals surface area (Å²) in [6.07, 6.45) is 1.20. The average Bonchev–Trinajstić information content (AvgIpc) is 2.65. The highest BCUT2D eigenvalue weighted by Gasteiger charge is 2.42. The van der Waals surface area contributed by atoms with E-state index in [1.165, 1.54) is 11.8 Å². The molecule has 0 bridgehead atoms. The summed E-state index contributed by atoms with van der Waals surface area (Å²) in [5.41, 5.74) is 2.62. The van der Waals surface area contributed by atoms with Crippen LogP contribution in [0.25, 0.3) is 0 Å². The van der Waals surface area contributed by atoms with Crippen molar-refractivity contribution in [3.63, 3.8) is 0 Å². The number of nitrogens with one attached hydrogen (secondary N) is 2. The first-order valence-corrected chi connectivity index (χ1v) is 10.8. The lowest BCUT2D eigenvalue weighted by atomic mass is 9.69. The summed E-state index contributed by atoms with van der Waals surface area (Å²) in [5, 5.41) is 3.92. The van der Waals surface area contributed by atoms with Gasteiger partial charge in [0.25, 0.3) is 5.56 Å². The number of thioether (sulfide) groups is 1. The zero-order valence-corrected chi connectivity index (χ0v) is 17.9. The number of H-pyrrole nitrogens is 1. The minimum atomic E-state index is -0.437. The van der Waals surface area contributed by atoms with Gasteiger partial charge in [-0.25, -0.2) is 4.98 Å². The third-order valence-corrected chi connectivity index (χ3v) is 6.19. The summed E-state index contributed by atoms with van der Waals surface area (Å²) in [7, 11) is 1.61. The van der Waals surface area contributed by atoms with E-state index in [-0.39, 0.29) is 16.8 Å². The Bertz CT molecular complexity index is 1050. The fourth-order valence-corrected chi connectivity index (χ4v) is 4.82. The van der Waals surface area contributed by atoms with E-state index < -0.39 is 5.92 Å². The number of fused-ring (bicyclic) bond motifs is 1. The highest BCUT2D eigenvalue weighted by Crippen LogP contribution is 2.47. The first-order chi connectivity index (χ1) is 13.8. The number of nitrogens with zero attached hydrogens (tertiary/aromatic N) is 1. The molecule has 2 aromatic rings. The van der Waals surface area contributed by atoms with Crippen LogP contribution in [0.15, 0.2) is 45.5 Å². The molecule has 1 aromatic carbocycles. The van der Waals surface area contributed by atoms with E-state index in [4.69, 9.17) is 4.74 Å². The maximum Gasteiger partial charge on any atom is 0.257 e. The van der Waals surface area contributed by atoms with Crippen LogP contribution in [0.4, 0.5) is 5.82 Å². The van der Waals surface area contributed by atoms with Gasteiger partial charge in [-0.3, -0.25) is 9.59 Å². The molecule has 2 N–H and O–H groups in total. The van der Waals surface area contributed by atoms with Crippen LogP contribution in [-0.4, -0.2) is 28.6 Å². The number of hydrogen-bond donors (Lipinski definition) is 2. The minimum Gasteiger partial charge on any atom is -0.497 e. The number of carbonyl (C=O) groups excluding carboxylic acids is 1. The molecule has 0 amide bonds. The lowest BCUT2D eigenvalue weighted by molar-refractivity contribution is -0.118. The molecule has 1 aliphatic carbocycles. The predicted molar refractivity (Wildman–Crippen MR) is 115 cm³/mol. The molecule has 0 saturated carbocycles. The maximum atomic E-state index is 13.2. The van der Waals surface area contributed by atoms with E-state index >= 15 is 0 Å². The van der Waals surface area contributed by atoms with Crippen LogP contribution in [0.3, 0.4) is 0 Å². The number of Topliss-reactive ketones (excluding diaryl/α,β-unsaturated/α-hetero) is 1. The van der Waals surface area contributed by atoms with E-state index in [2.05, 4.69) is 29.1 Å². The number of aromatic amines is 1. The van der Waals surface area contributed by atoms with Crippen molar-refractivity contribution < 1.29 is 9.53 Å². The molecule has 2 heterocycles. The molecule has 29 heavy (non-hydrogen) atoms. The highest BCUT2D eigenvalue weighted by atomic mass is 32.2. The number of benzene rings is 1. The number of ether oxygens (including phenoxy) is 1. The molecule has 0 radical (unpaired) electrons. The van der Waals surface area contributed by atoms with E-state index in [0.717, 1.165) is 29.2 Å². The summed E-state index contributed by atoms with van der Waals surface area (Å²) in [4.78, 5) is 33.8. The van der Waals surface area contributed by atoms with Crippen molar-refractivity contribution in [1.29, 1.82) is 0 Å². The summed E-state index contributed by atoms with van der Waals surface area (Å²) in [6, 6.07) is 7.56. The van der Waals surface area contributed by atoms with Gasteiger partial charge in [-0.2, -0.15) is 0 Å². The van der Waals surface area contributed by atoms with Crippen molar-refractivity contribution in [2.45, 2.75) is 44.7 Å². The smallest absolute Gasteiger partial charge is 0.257 e. The Morgan fingerprint density at radius 2 is 1.93 bits per heavy atom. The van der Waals surface area contributed by atoms with Gasteiger partial charge < -0.3 is 15.0 Å². The van der Waals surface area contributed by atoms with Crippen LogP contribution in [0.1, 0.15) is 50.7 Å². The van der Waals surface area contributed by atoms with E-state index in [9.17, 15) is 9.59 Å². The summed E-state index contributed by atoms with van der Waals surface area (Å²) < 4.78 is 5.27. The second-order valence-corrected chi connectivity index (χ2v) is 9.48. The first kappa shape index (κ1) is 19.8. The number of ketones is 1. The monoisotopic (exact) mass is 411 g/mol. The van der Waals surface area contributed by atoms with Crippen molar-refractivity contribution in [3.05, 3.63) is 57.0 Å². The molecule has 152 valence electrons. The number of aromatic nitrogens is 2. The Kier molecular flexibility index (Phi) is 5.02. The van der Waals surface area contributed by atoms with Crippen molar-refractivity contribution in [1.82, 2.24) is 9.97 Å². The molecule has 6 nitrogen and oxygen atoms in total. The molecule has 1 atom stereocenters.